The van der Waals surface area contributed by atoms with Gasteiger partial charge in [-0.1, -0.05) is 22.9 Å². The van der Waals surface area contributed by atoms with Gasteiger partial charge in [-0.25, -0.2) is 4.98 Å². The molecule has 0 saturated heterocycles. The molecule has 2 rings (SSSR count). The minimum Gasteiger partial charge on any atom is -0.271 e. The van der Waals surface area contributed by atoms with E-state index in [2.05, 4.69) is 73.1 Å². The first-order valence-corrected chi connectivity index (χ1v) is 8.30. The van der Waals surface area contributed by atoms with Crippen LogP contribution in [0.2, 0.25) is 0 Å². The third-order valence-corrected chi connectivity index (χ3v) is 4.53. The number of benzene rings is 1. The zero-order valence-corrected chi connectivity index (χ0v) is 14.9. The van der Waals surface area contributed by atoms with E-state index in [-0.39, 0.29) is 6.04 Å². The third kappa shape index (κ3) is 3.78. The van der Waals surface area contributed by atoms with Crippen molar-refractivity contribution in [2.45, 2.75) is 32.4 Å². The Labute approximate surface area is 140 Å². The topological polar surface area (TPSA) is 68.8 Å². The molecule has 108 valence electrons. The van der Waals surface area contributed by atoms with E-state index in [0.717, 1.165) is 28.8 Å². The van der Waals surface area contributed by atoms with Crippen molar-refractivity contribution in [1.82, 2.24) is 20.2 Å². The van der Waals surface area contributed by atoms with Crippen LogP contribution in [-0.2, 0) is 13.0 Å². The Morgan fingerprint density at radius 2 is 2.30 bits per heavy atom. The Hall–Kier alpha value is -0.510. The molecule has 0 bridgehead atoms. The minimum atomic E-state index is 0.0132. The van der Waals surface area contributed by atoms with Crippen LogP contribution in [0, 0.1) is 3.57 Å². The average Bonchev–Trinajstić information content (AvgIpc) is 2.87. The van der Waals surface area contributed by atoms with Gasteiger partial charge in [0.25, 0.3) is 0 Å². The maximum Gasteiger partial charge on any atom is 0.138 e. The zero-order valence-electron chi connectivity index (χ0n) is 11.2. The SMILES string of the molecule is CCCn1ncnc1CC(NN)c1cc(Br)ccc1I. The number of nitrogens with two attached hydrogens (primary N) is 1. The van der Waals surface area contributed by atoms with Crippen molar-refractivity contribution in [1.29, 1.82) is 0 Å². The van der Waals surface area contributed by atoms with Crippen molar-refractivity contribution in [3.05, 3.63) is 44.0 Å². The standard InChI is InChI=1S/C13H17BrIN5/c1-2-5-20-13(17-8-18-20)7-12(19-16)10-6-9(14)3-4-11(10)15/h3-4,6,8,12,19H,2,5,7,16H2,1H3. The van der Waals surface area contributed by atoms with Crippen molar-refractivity contribution >= 4 is 38.5 Å². The molecule has 7 heteroatoms. The van der Waals surface area contributed by atoms with Gasteiger partial charge in [-0.2, -0.15) is 5.10 Å². The number of nitrogens with one attached hydrogen (secondary N) is 1. The molecule has 3 N–H and O–H groups in total. The number of nitrogens with zero attached hydrogens (tertiary/aromatic N) is 3. The summed E-state index contributed by atoms with van der Waals surface area (Å²) in [5.41, 5.74) is 4.05. The Morgan fingerprint density at radius 1 is 1.50 bits per heavy atom. The Kier molecular flexibility index (Phi) is 5.94. The normalized spacial score (nSPS) is 12.6. The van der Waals surface area contributed by atoms with Gasteiger partial charge in [-0.15, -0.1) is 0 Å². The molecule has 1 atom stereocenters. The molecule has 0 aliphatic carbocycles. The lowest BCUT2D eigenvalue weighted by Crippen LogP contribution is -2.31. The number of aryl methyl sites for hydroxylation is 1. The van der Waals surface area contributed by atoms with Crippen molar-refractivity contribution in [3.8, 4) is 0 Å². The molecule has 20 heavy (non-hydrogen) atoms. The average molecular weight is 450 g/mol. The highest BCUT2D eigenvalue weighted by atomic mass is 127. The summed E-state index contributed by atoms with van der Waals surface area (Å²) in [6, 6.07) is 6.20. The maximum absolute atomic E-state index is 5.74. The van der Waals surface area contributed by atoms with Gasteiger partial charge in [0.15, 0.2) is 0 Å². The van der Waals surface area contributed by atoms with Crippen LogP contribution >= 0.6 is 38.5 Å². The smallest absolute Gasteiger partial charge is 0.138 e. The third-order valence-electron chi connectivity index (χ3n) is 3.05. The molecular formula is C13H17BrIN5. The number of rotatable bonds is 6. The summed E-state index contributed by atoms with van der Waals surface area (Å²) in [4.78, 5) is 4.34. The first-order chi connectivity index (χ1) is 9.65. The molecule has 0 amide bonds. The van der Waals surface area contributed by atoms with Crippen molar-refractivity contribution in [3.63, 3.8) is 0 Å². The van der Waals surface area contributed by atoms with Crippen molar-refractivity contribution in [2.24, 2.45) is 5.84 Å². The molecule has 0 spiro atoms. The summed E-state index contributed by atoms with van der Waals surface area (Å²) >= 11 is 5.83. The van der Waals surface area contributed by atoms with E-state index in [1.54, 1.807) is 6.33 Å². The quantitative estimate of drug-likeness (QED) is 0.404. The largest absolute Gasteiger partial charge is 0.271 e. The van der Waals surface area contributed by atoms with Gasteiger partial charge >= 0.3 is 0 Å². The highest BCUT2D eigenvalue weighted by Gasteiger charge is 2.17. The molecule has 0 fully saturated rings. The molecule has 1 aromatic carbocycles. The van der Waals surface area contributed by atoms with Crippen LogP contribution in [0.5, 0.6) is 0 Å². The molecule has 1 heterocycles. The van der Waals surface area contributed by atoms with Crippen LogP contribution in [0.15, 0.2) is 29.0 Å². The van der Waals surface area contributed by atoms with E-state index in [1.807, 2.05) is 10.7 Å². The lowest BCUT2D eigenvalue weighted by atomic mass is 10.0. The molecule has 0 aliphatic rings. The first kappa shape index (κ1) is 15.9. The second-order valence-corrected chi connectivity index (χ2v) is 6.57. The predicted octanol–water partition coefficient (Wildman–Crippen LogP) is 2.80. The van der Waals surface area contributed by atoms with E-state index in [0.29, 0.717) is 6.42 Å². The number of aromatic nitrogens is 3. The Bertz CT molecular complexity index is 572. The molecule has 1 unspecified atom stereocenters. The fourth-order valence-electron chi connectivity index (χ4n) is 2.07. The van der Waals surface area contributed by atoms with Crippen LogP contribution in [0.3, 0.4) is 0 Å². The lowest BCUT2D eigenvalue weighted by Gasteiger charge is -2.18. The van der Waals surface area contributed by atoms with E-state index >= 15 is 0 Å². The summed E-state index contributed by atoms with van der Waals surface area (Å²) in [6.07, 6.45) is 3.35. The van der Waals surface area contributed by atoms with Gasteiger partial charge < -0.3 is 0 Å². The van der Waals surface area contributed by atoms with Gasteiger partial charge in [0.2, 0.25) is 0 Å². The number of hydrogen-bond donors (Lipinski definition) is 2. The summed E-state index contributed by atoms with van der Waals surface area (Å²) in [5.74, 6) is 6.69. The van der Waals surface area contributed by atoms with Gasteiger partial charge in [0.05, 0.1) is 6.04 Å². The zero-order chi connectivity index (χ0) is 14.5. The summed E-state index contributed by atoms with van der Waals surface area (Å²) in [5, 5.41) is 4.25. The Morgan fingerprint density at radius 3 is 3.00 bits per heavy atom. The molecule has 1 aromatic heterocycles. The fourth-order valence-corrected chi connectivity index (χ4v) is 3.16. The van der Waals surface area contributed by atoms with Crippen molar-refractivity contribution in [2.75, 3.05) is 0 Å². The van der Waals surface area contributed by atoms with Crippen LogP contribution < -0.4 is 11.3 Å². The summed E-state index contributed by atoms with van der Waals surface area (Å²) < 4.78 is 4.16. The van der Waals surface area contributed by atoms with Gasteiger partial charge in [0.1, 0.15) is 12.2 Å². The lowest BCUT2D eigenvalue weighted by molar-refractivity contribution is 0.497. The number of halogens is 2. The van der Waals surface area contributed by atoms with Gasteiger partial charge in [-0.05, 0) is 52.8 Å². The Balaban J connectivity index is 2.24. The van der Waals surface area contributed by atoms with Crippen molar-refractivity contribution < 1.29 is 0 Å². The van der Waals surface area contributed by atoms with Crippen LogP contribution in [0.4, 0.5) is 0 Å². The molecule has 0 aliphatic heterocycles. The van der Waals surface area contributed by atoms with E-state index in [1.165, 1.54) is 3.57 Å². The molecular weight excluding hydrogens is 433 g/mol. The minimum absolute atomic E-state index is 0.0132. The van der Waals surface area contributed by atoms with E-state index in [9.17, 15) is 0 Å². The first-order valence-electron chi connectivity index (χ1n) is 6.43. The number of hydrazine groups is 1. The van der Waals surface area contributed by atoms with Gasteiger partial charge in [0, 0.05) is 21.0 Å². The second-order valence-electron chi connectivity index (χ2n) is 4.49. The van der Waals surface area contributed by atoms with Gasteiger partial charge in [-0.3, -0.25) is 16.0 Å². The number of hydrogen-bond acceptors (Lipinski definition) is 4. The maximum atomic E-state index is 5.74. The fraction of sp³-hybridized carbons (Fsp3) is 0.385. The van der Waals surface area contributed by atoms with Crippen LogP contribution in [0.25, 0.3) is 0 Å². The molecule has 0 saturated carbocycles. The van der Waals surface area contributed by atoms with E-state index < -0.39 is 0 Å². The highest BCUT2D eigenvalue weighted by Crippen LogP contribution is 2.25. The second kappa shape index (κ2) is 7.48. The van der Waals surface area contributed by atoms with Crippen LogP contribution in [0.1, 0.15) is 30.8 Å². The predicted molar refractivity (Wildman–Crippen MR) is 90.9 cm³/mol. The molecule has 0 radical (unpaired) electrons. The monoisotopic (exact) mass is 449 g/mol. The molecule has 2 aromatic rings. The summed E-state index contributed by atoms with van der Waals surface area (Å²) in [7, 11) is 0. The van der Waals surface area contributed by atoms with Crippen LogP contribution in [-0.4, -0.2) is 14.8 Å². The summed E-state index contributed by atoms with van der Waals surface area (Å²) in [6.45, 7) is 3.00. The highest BCUT2D eigenvalue weighted by molar-refractivity contribution is 14.1. The van der Waals surface area contributed by atoms with E-state index in [4.69, 9.17) is 5.84 Å². The molecule has 5 nitrogen and oxygen atoms in total.